The molecule has 2 rings (SSSR count). The second-order valence-electron chi connectivity index (χ2n) is 6.15. The molecular formula is C20H20Cl2O2. The van der Waals surface area contributed by atoms with E-state index >= 15 is 0 Å². The fourth-order valence-electron chi connectivity index (χ4n) is 2.80. The van der Waals surface area contributed by atoms with Gasteiger partial charge in [0.15, 0.2) is 0 Å². The summed E-state index contributed by atoms with van der Waals surface area (Å²) in [4.78, 5) is 24.6. The van der Waals surface area contributed by atoms with Crippen molar-refractivity contribution in [2.75, 3.05) is 0 Å². The number of halogens is 2. The number of aryl methyl sites for hydroxylation is 2. The number of benzene rings is 2. The van der Waals surface area contributed by atoms with Gasteiger partial charge in [0.25, 0.3) is 0 Å². The minimum Gasteiger partial charge on any atom is -0.299 e. The molecule has 0 amide bonds. The van der Waals surface area contributed by atoms with E-state index in [0.29, 0.717) is 22.0 Å². The quantitative estimate of drug-likeness (QED) is 0.681. The molecule has 1 atom stereocenters. The van der Waals surface area contributed by atoms with Crippen LogP contribution in [0.1, 0.15) is 41.5 Å². The molecule has 126 valence electrons. The Morgan fingerprint density at radius 3 is 2.25 bits per heavy atom. The van der Waals surface area contributed by atoms with Crippen molar-refractivity contribution in [2.24, 2.45) is 0 Å². The van der Waals surface area contributed by atoms with Crippen molar-refractivity contribution in [1.29, 1.82) is 0 Å². The standard InChI is InChI=1S/C20H20Cl2O2/c1-12-7-8-13(2)15(9-12)10-16(24)11-17(14(3)23)20-18(21)5-4-6-19(20)22/h4-9,17H,10-11H2,1-3H3. The largest absolute Gasteiger partial charge is 0.299 e. The van der Waals surface area contributed by atoms with E-state index in [0.717, 1.165) is 16.7 Å². The number of Topliss-reactive ketones (excluding diaryl/α,β-unsaturated/α-hetero) is 2. The van der Waals surface area contributed by atoms with Crippen molar-refractivity contribution in [3.05, 3.63) is 68.7 Å². The Morgan fingerprint density at radius 2 is 1.67 bits per heavy atom. The summed E-state index contributed by atoms with van der Waals surface area (Å²) in [6, 6.07) is 11.1. The summed E-state index contributed by atoms with van der Waals surface area (Å²) in [6.45, 7) is 5.44. The van der Waals surface area contributed by atoms with E-state index < -0.39 is 5.92 Å². The van der Waals surface area contributed by atoms with Crippen molar-refractivity contribution in [3.63, 3.8) is 0 Å². The van der Waals surface area contributed by atoms with Crippen LogP contribution in [-0.2, 0) is 16.0 Å². The first-order valence-electron chi connectivity index (χ1n) is 7.81. The van der Waals surface area contributed by atoms with Crippen LogP contribution in [0.25, 0.3) is 0 Å². The topological polar surface area (TPSA) is 34.1 Å². The van der Waals surface area contributed by atoms with Crippen LogP contribution in [0.2, 0.25) is 10.0 Å². The summed E-state index contributed by atoms with van der Waals surface area (Å²) in [7, 11) is 0. The van der Waals surface area contributed by atoms with Crippen LogP contribution < -0.4 is 0 Å². The zero-order chi connectivity index (χ0) is 17.9. The van der Waals surface area contributed by atoms with Crippen LogP contribution in [0.5, 0.6) is 0 Å². The highest BCUT2D eigenvalue weighted by molar-refractivity contribution is 6.36. The van der Waals surface area contributed by atoms with Gasteiger partial charge in [-0.15, -0.1) is 0 Å². The predicted molar refractivity (Wildman–Crippen MR) is 99.1 cm³/mol. The highest BCUT2D eigenvalue weighted by atomic mass is 35.5. The van der Waals surface area contributed by atoms with E-state index in [4.69, 9.17) is 23.2 Å². The summed E-state index contributed by atoms with van der Waals surface area (Å²) in [5.41, 5.74) is 3.72. The number of hydrogen-bond acceptors (Lipinski definition) is 2. The molecule has 0 bridgehead atoms. The molecule has 0 N–H and O–H groups in total. The lowest BCUT2D eigenvalue weighted by atomic mass is 9.88. The molecule has 0 aliphatic heterocycles. The maximum absolute atomic E-state index is 12.5. The van der Waals surface area contributed by atoms with Gasteiger partial charge in [0.2, 0.25) is 0 Å². The van der Waals surface area contributed by atoms with Gasteiger partial charge in [0.05, 0.1) is 5.92 Å². The van der Waals surface area contributed by atoms with Crippen LogP contribution in [0.3, 0.4) is 0 Å². The Balaban J connectivity index is 2.24. The van der Waals surface area contributed by atoms with Crippen molar-refractivity contribution in [3.8, 4) is 0 Å². The van der Waals surface area contributed by atoms with Gasteiger partial charge in [-0.25, -0.2) is 0 Å². The first-order valence-corrected chi connectivity index (χ1v) is 8.57. The van der Waals surface area contributed by atoms with E-state index in [2.05, 4.69) is 0 Å². The van der Waals surface area contributed by atoms with E-state index in [-0.39, 0.29) is 18.0 Å². The molecule has 24 heavy (non-hydrogen) atoms. The van der Waals surface area contributed by atoms with Gasteiger partial charge in [-0.1, -0.05) is 53.0 Å². The molecule has 0 radical (unpaired) electrons. The molecule has 0 aliphatic rings. The third-order valence-corrected chi connectivity index (χ3v) is 4.82. The van der Waals surface area contributed by atoms with Gasteiger partial charge in [-0.05, 0) is 44.0 Å². The molecule has 2 aromatic carbocycles. The lowest BCUT2D eigenvalue weighted by molar-refractivity contribution is -0.124. The molecule has 0 saturated carbocycles. The molecule has 0 aliphatic carbocycles. The summed E-state index contributed by atoms with van der Waals surface area (Å²) in [6.07, 6.45) is 0.408. The Morgan fingerprint density at radius 1 is 1.04 bits per heavy atom. The molecule has 0 aromatic heterocycles. The van der Waals surface area contributed by atoms with Crippen LogP contribution in [0, 0.1) is 13.8 Å². The number of hydrogen-bond donors (Lipinski definition) is 0. The molecule has 0 saturated heterocycles. The fraction of sp³-hybridized carbons (Fsp3) is 0.300. The second kappa shape index (κ2) is 7.96. The molecule has 0 heterocycles. The van der Waals surface area contributed by atoms with E-state index in [9.17, 15) is 9.59 Å². The first-order chi connectivity index (χ1) is 11.3. The third-order valence-electron chi connectivity index (χ3n) is 4.16. The lowest BCUT2D eigenvalue weighted by Gasteiger charge is -2.17. The molecule has 1 unspecified atom stereocenters. The zero-order valence-corrected chi connectivity index (χ0v) is 15.5. The predicted octanol–water partition coefficient (Wildman–Crippen LogP) is 5.48. The van der Waals surface area contributed by atoms with Gasteiger partial charge >= 0.3 is 0 Å². The molecule has 0 fully saturated rings. The van der Waals surface area contributed by atoms with Crippen molar-refractivity contribution in [1.82, 2.24) is 0 Å². The molecule has 2 aromatic rings. The van der Waals surface area contributed by atoms with Gasteiger partial charge in [0, 0.05) is 28.5 Å². The Bertz CT molecular complexity index is 761. The van der Waals surface area contributed by atoms with E-state index in [1.807, 2.05) is 32.0 Å². The maximum Gasteiger partial charge on any atom is 0.138 e. The summed E-state index contributed by atoms with van der Waals surface area (Å²) in [5, 5.41) is 0.837. The number of rotatable bonds is 6. The van der Waals surface area contributed by atoms with E-state index in [1.54, 1.807) is 18.2 Å². The van der Waals surface area contributed by atoms with Gasteiger partial charge in [-0.2, -0.15) is 0 Å². The SMILES string of the molecule is CC(=O)C(CC(=O)Cc1cc(C)ccc1C)c1c(Cl)cccc1Cl. The fourth-order valence-corrected chi connectivity index (χ4v) is 3.46. The Hall–Kier alpha value is -1.64. The minimum atomic E-state index is -0.608. The average Bonchev–Trinajstić information content (AvgIpc) is 2.49. The van der Waals surface area contributed by atoms with Crippen molar-refractivity contribution < 1.29 is 9.59 Å². The Kier molecular flexibility index (Phi) is 6.20. The average molecular weight is 363 g/mol. The minimum absolute atomic E-state index is 0.000105. The van der Waals surface area contributed by atoms with Crippen molar-refractivity contribution in [2.45, 2.75) is 39.5 Å². The number of carbonyl (C=O) groups is 2. The highest BCUT2D eigenvalue weighted by Gasteiger charge is 2.25. The molecule has 0 spiro atoms. The van der Waals surface area contributed by atoms with Crippen LogP contribution in [-0.4, -0.2) is 11.6 Å². The van der Waals surface area contributed by atoms with Gasteiger partial charge < -0.3 is 0 Å². The van der Waals surface area contributed by atoms with Gasteiger partial charge in [0.1, 0.15) is 11.6 Å². The highest BCUT2D eigenvalue weighted by Crippen LogP contribution is 2.34. The first kappa shape index (κ1) is 18.7. The molecular weight excluding hydrogens is 343 g/mol. The van der Waals surface area contributed by atoms with Crippen LogP contribution in [0.15, 0.2) is 36.4 Å². The summed E-state index contributed by atoms with van der Waals surface area (Å²) in [5.74, 6) is -0.719. The number of ketones is 2. The maximum atomic E-state index is 12.5. The monoisotopic (exact) mass is 362 g/mol. The van der Waals surface area contributed by atoms with Crippen LogP contribution >= 0.6 is 23.2 Å². The lowest BCUT2D eigenvalue weighted by Crippen LogP contribution is -2.17. The van der Waals surface area contributed by atoms with Gasteiger partial charge in [-0.3, -0.25) is 9.59 Å². The van der Waals surface area contributed by atoms with E-state index in [1.165, 1.54) is 6.92 Å². The molecule has 4 heteroatoms. The zero-order valence-electron chi connectivity index (χ0n) is 14.0. The summed E-state index contributed by atoms with van der Waals surface area (Å²) < 4.78 is 0. The second-order valence-corrected chi connectivity index (χ2v) is 6.96. The number of carbonyl (C=O) groups excluding carboxylic acids is 2. The molecule has 2 nitrogen and oxygen atoms in total. The third kappa shape index (κ3) is 4.46. The normalized spacial score (nSPS) is 12.0. The smallest absolute Gasteiger partial charge is 0.138 e. The Labute approximate surface area is 152 Å². The summed E-state index contributed by atoms with van der Waals surface area (Å²) >= 11 is 12.4. The van der Waals surface area contributed by atoms with Crippen LogP contribution in [0.4, 0.5) is 0 Å². The van der Waals surface area contributed by atoms with Crippen molar-refractivity contribution >= 4 is 34.8 Å².